The summed E-state index contributed by atoms with van der Waals surface area (Å²) in [5.41, 5.74) is 6.87. The van der Waals surface area contributed by atoms with Crippen LogP contribution in [-0.2, 0) is 48.7 Å². The standard InChI is InChI=1S/C16H13BrFN3OS.C16H14FN3OS.BHNS/c1-9-19-20-14-8-22-7-13-12(15(17)23-16(13)21(9)14)6-10-2-4-11(18)5-3-10;1-10-18-19-15-8-21-7-14-12(9-22-16(14)20(10)15)6-11-2-4-13(17)5-3-11;1-2-3/h2-5H,6-8H2,1H3;2-5,9H,6-8H2,1H3;3H. The van der Waals surface area contributed by atoms with Gasteiger partial charge in [0, 0.05) is 11.1 Å². The average molecular weight is 768 g/mol. The van der Waals surface area contributed by atoms with Crippen LogP contribution in [0.25, 0.3) is 10.0 Å². The Morgan fingerprint density at radius 1 is 0.792 bits per heavy atom. The molecule has 0 atom stereocenters. The summed E-state index contributed by atoms with van der Waals surface area (Å²) in [7, 11) is 4.34. The maximum absolute atomic E-state index is 13.1. The zero-order chi connectivity index (χ0) is 33.8. The molecule has 0 amide bonds. The van der Waals surface area contributed by atoms with Gasteiger partial charge in [-0.15, -0.1) is 43.1 Å². The number of fused-ring (bicyclic) bond motifs is 6. The summed E-state index contributed by atoms with van der Waals surface area (Å²) in [6.07, 6.45) is 1.50. The summed E-state index contributed by atoms with van der Waals surface area (Å²) in [5.74, 6) is 2.96. The third-order valence-corrected chi connectivity index (χ3v) is 10.8. The molecule has 0 fully saturated rings. The first-order valence-corrected chi connectivity index (χ1v) is 17.6. The second-order valence-corrected chi connectivity index (χ2v) is 14.3. The normalized spacial score (nSPS) is 12.9. The Bertz CT molecular complexity index is 2050. The van der Waals surface area contributed by atoms with Crippen LogP contribution in [0.2, 0.25) is 0 Å². The van der Waals surface area contributed by atoms with E-state index in [2.05, 4.69) is 75.6 Å². The van der Waals surface area contributed by atoms with Crippen molar-refractivity contribution in [2.24, 2.45) is 4.30 Å². The molecular weight excluding hydrogens is 739 g/mol. The molecule has 0 unspecified atom stereocenters. The van der Waals surface area contributed by atoms with Crippen molar-refractivity contribution >= 4 is 59.1 Å². The molecule has 9 nitrogen and oxygen atoms in total. The van der Waals surface area contributed by atoms with Crippen molar-refractivity contribution in [2.45, 2.75) is 53.1 Å². The van der Waals surface area contributed by atoms with Gasteiger partial charge in [0.1, 0.15) is 46.5 Å². The van der Waals surface area contributed by atoms with Crippen LogP contribution < -0.4 is 0 Å². The summed E-state index contributed by atoms with van der Waals surface area (Å²) in [5, 5.41) is 21.0. The first kappa shape index (κ1) is 34.5. The molecule has 245 valence electrons. The number of thiol groups is 1. The number of hydrogen-bond acceptors (Lipinski definition) is 10. The molecule has 0 aliphatic carbocycles. The monoisotopic (exact) mass is 766 g/mol. The molecule has 4 aromatic heterocycles. The maximum atomic E-state index is 13.1. The second-order valence-electron chi connectivity index (χ2n) is 10.9. The van der Waals surface area contributed by atoms with Gasteiger partial charge in [-0.05, 0) is 94.5 Å². The molecule has 0 saturated carbocycles. The third-order valence-electron chi connectivity index (χ3n) is 7.75. The number of thiophene rings is 2. The van der Waals surface area contributed by atoms with Crippen molar-refractivity contribution < 1.29 is 18.3 Å². The predicted octanol–water partition coefficient (Wildman–Crippen LogP) is 7.74. The summed E-state index contributed by atoms with van der Waals surface area (Å²) in [6, 6.07) is 13.3. The Balaban J connectivity index is 0.000000155. The molecule has 16 heteroatoms. The predicted molar refractivity (Wildman–Crippen MR) is 188 cm³/mol. The van der Waals surface area contributed by atoms with E-state index in [-0.39, 0.29) is 11.6 Å². The van der Waals surface area contributed by atoms with Crippen molar-refractivity contribution in [3.8, 4) is 10.0 Å². The van der Waals surface area contributed by atoms with E-state index >= 15 is 0 Å². The van der Waals surface area contributed by atoms with E-state index in [9.17, 15) is 8.78 Å². The molecule has 48 heavy (non-hydrogen) atoms. The van der Waals surface area contributed by atoms with Crippen molar-refractivity contribution in [3.63, 3.8) is 0 Å². The van der Waals surface area contributed by atoms with Gasteiger partial charge in [0.05, 0.1) is 17.0 Å². The van der Waals surface area contributed by atoms with E-state index in [1.54, 1.807) is 22.7 Å². The van der Waals surface area contributed by atoms with Crippen molar-refractivity contribution in [3.05, 3.63) is 126 Å². The van der Waals surface area contributed by atoms with Crippen molar-refractivity contribution in [2.75, 3.05) is 0 Å². The number of aryl methyl sites for hydroxylation is 2. The topological polar surface area (TPSA) is 92.2 Å². The molecule has 1 radical (unpaired) electrons. The number of aromatic nitrogens is 6. The average Bonchev–Trinajstić information content (AvgIpc) is 3.75. The Morgan fingerprint density at radius 2 is 1.29 bits per heavy atom. The number of halogens is 3. The number of benzene rings is 2. The van der Waals surface area contributed by atoms with Crippen LogP contribution >= 0.6 is 51.4 Å². The van der Waals surface area contributed by atoms with E-state index in [4.69, 9.17) is 9.47 Å². The summed E-state index contributed by atoms with van der Waals surface area (Å²) in [4.78, 5) is 0. The van der Waals surface area contributed by atoms with Crippen molar-refractivity contribution in [1.29, 1.82) is 0 Å². The fourth-order valence-electron chi connectivity index (χ4n) is 5.50. The number of rotatable bonds is 4. The molecule has 0 saturated heterocycles. The quantitative estimate of drug-likeness (QED) is 0.146. The molecule has 8 rings (SSSR count). The first-order valence-electron chi connectivity index (χ1n) is 14.7. The zero-order valence-electron chi connectivity index (χ0n) is 25.9. The van der Waals surface area contributed by atoms with Crippen LogP contribution in [0.5, 0.6) is 0 Å². The minimum absolute atomic E-state index is 0.207. The van der Waals surface area contributed by atoms with Crippen LogP contribution in [0.15, 0.2) is 62.0 Å². The first-order chi connectivity index (χ1) is 23.3. The SMILES string of the molecule is Cc1nnc2n1-c1sc(Br)c(Cc3ccc(F)cc3)c1COC2.Cc1nnc2n1-c1scc(Cc3ccc(F)cc3)c1COC2.[B]=NS. The van der Waals surface area contributed by atoms with E-state index < -0.39 is 0 Å². The van der Waals surface area contributed by atoms with Gasteiger partial charge in [-0.3, -0.25) is 9.13 Å². The molecule has 0 N–H and O–H groups in total. The third kappa shape index (κ3) is 7.43. The van der Waals surface area contributed by atoms with Gasteiger partial charge in [-0.25, -0.2) is 8.78 Å². The Morgan fingerprint density at radius 3 is 1.85 bits per heavy atom. The molecular formula is C32H28BBrF2N7O2S3. The summed E-state index contributed by atoms with van der Waals surface area (Å²) >= 11 is 10.2. The van der Waals surface area contributed by atoms with E-state index in [1.807, 2.05) is 38.1 Å². The molecule has 2 aliphatic rings. The van der Waals surface area contributed by atoms with E-state index in [0.29, 0.717) is 26.4 Å². The molecule has 0 bridgehead atoms. The van der Waals surface area contributed by atoms with Gasteiger partial charge >= 0.3 is 24.8 Å². The van der Waals surface area contributed by atoms with Gasteiger partial charge in [0.25, 0.3) is 0 Å². The Kier molecular flexibility index (Phi) is 11.1. The van der Waals surface area contributed by atoms with E-state index in [1.165, 1.54) is 41.0 Å². The van der Waals surface area contributed by atoms with Gasteiger partial charge in [0.15, 0.2) is 11.6 Å². The van der Waals surface area contributed by atoms with Crippen LogP contribution in [0.3, 0.4) is 0 Å². The number of hydrogen-bond donors (Lipinski definition) is 1. The summed E-state index contributed by atoms with van der Waals surface area (Å²) in [6.45, 7) is 5.92. The Labute approximate surface area is 298 Å². The molecule has 0 spiro atoms. The molecule has 2 aliphatic heterocycles. The molecule has 6 heterocycles. The van der Waals surface area contributed by atoms with Gasteiger partial charge in [-0.2, -0.15) is 0 Å². The van der Waals surface area contributed by atoms with Crippen molar-refractivity contribution in [1.82, 2.24) is 29.5 Å². The second kappa shape index (κ2) is 15.4. The fourth-order valence-corrected chi connectivity index (χ4v) is 8.62. The van der Waals surface area contributed by atoms with Gasteiger partial charge in [-0.1, -0.05) is 24.3 Å². The van der Waals surface area contributed by atoms with Crippen LogP contribution in [0.1, 0.15) is 56.7 Å². The van der Waals surface area contributed by atoms with E-state index in [0.717, 1.165) is 66.6 Å². The van der Waals surface area contributed by atoms with Crippen LogP contribution in [-0.4, -0.2) is 37.2 Å². The zero-order valence-corrected chi connectivity index (χ0v) is 30.0. The minimum atomic E-state index is -0.218. The molecule has 6 aromatic rings. The summed E-state index contributed by atoms with van der Waals surface area (Å²) < 4.78 is 45.5. The van der Waals surface area contributed by atoms with Crippen LogP contribution in [0, 0.1) is 25.5 Å². The van der Waals surface area contributed by atoms with Crippen LogP contribution in [0.4, 0.5) is 8.78 Å². The number of nitrogens with zero attached hydrogens (tertiary/aromatic N) is 7. The van der Waals surface area contributed by atoms with Gasteiger partial charge in [0.2, 0.25) is 0 Å². The molecule has 2 aromatic carbocycles. The van der Waals surface area contributed by atoms with Gasteiger partial charge < -0.3 is 9.47 Å². The fraction of sp³-hybridized carbons (Fsp3) is 0.250. The number of ether oxygens (including phenoxy) is 2. The Hall–Kier alpha value is -3.41.